The van der Waals surface area contributed by atoms with Gasteiger partial charge in [0.25, 0.3) is 5.91 Å². The van der Waals surface area contributed by atoms with Crippen LogP contribution in [0.2, 0.25) is 5.15 Å². The molecule has 40 heavy (non-hydrogen) atoms. The Bertz CT molecular complexity index is 1540. The van der Waals surface area contributed by atoms with Gasteiger partial charge in [0.1, 0.15) is 11.0 Å². The molecule has 4 aromatic rings. The largest absolute Gasteiger partial charge is 0.307 e. The number of hydrogen-bond acceptors (Lipinski definition) is 4. The number of aromatic nitrogens is 1. The van der Waals surface area contributed by atoms with Gasteiger partial charge in [-0.3, -0.25) is 9.69 Å². The number of hydrogen-bond donors (Lipinski definition) is 0. The van der Waals surface area contributed by atoms with E-state index in [9.17, 15) is 9.18 Å². The molecule has 7 heteroatoms. The molecule has 0 aliphatic carbocycles. The first-order valence-electron chi connectivity index (χ1n) is 13.4. The van der Waals surface area contributed by atoms with Crippen molar-refractivity contribution in [1.29, 1.82) is 0 Å². The minimum Gasteiger partial charge on any atom is -0.307 e. The highest BCUT2D eigenvalue weighted by molar-refractivity contribution is 7.99. The molecule has 1 saturated heterocycles. The number of piperidine rings is 1. The van der Waals surface area contributed by atoms with E-state index in [1.165, 1.54) is 23.3 Å². The Morgan fingerprint density at radius 3 is 2.48 bits per heavy atom. The van der Waals surface area contributed by atoms with E-state index in [0.717, 1.165) is 48.0 Å². The summed E-state index contributed by atoms with van der Waals surface area (Å²) in [6.45, 7) is 3.45. The summed E-state index contributed by atoms with van der Waals surface area (Å²) in [4.78, 5) is 24.2. The van der Waals surface area contributed by atoms with Gasteiger partial charge in [0, 0.05) is 45.7 Å². The molecule has 3 heterocycles. The molecule has 4 nitrogen and oxygen atoms in total. The van der Waals surface area contributed by atoms with Gasteiger partial charge < -0.3 is 4.90 Å². The van der Waals surface area contributed by atoms with Gasteiger partial charge in [0.15, 0.2) is 0 Å². The van der Waals surface area contributed by atoms with Crippen molar-refractivity contribution < 1.29 is 9.18 Å². The Hall–Kier alpha value is -3.45. The predicted octanol–water partition coefficient (Wildman–Crippen LogP) is 7.73. The molecule has 2 aliphatic rings. The van der Waals surface area contributed by atoms with Crippen LogP contribution in [0, 0.1) is 5.82 Å². The molecular formula is C33H29ClFN3OS. The molecule has 0 atom stereocenters. The number of carbonyl (C=O) groups is 1. The van der Waals surface area contributed by atoms with Crippen molar-refractivity contribution in [3.05, 3.63) is 125 Å². The minimum atomic E-state index is -0.243. The first kappa shape index (κ1) is 26.8. The summed E-state index contributed by atoms with van der Waals surface area (Å²) in [6, 6.07) is 26.6. The van der Waals surface area contributed by atoms with Gasteiger partial charge in [-0.25, -0.2) is 9.37 Å². The number of pyridine rings is 1. The fourth-order valence-corrected chi connectivity index (χ4v) is 6.75. The number of rotatable bonds is 6. The average Bonchev–Trinajstić information content (AvgIpc) is 3.28. The first-order valence-corrected chi connectivity index (χ1v) is 14.6. The van der Waals surface area contributed by atoms with Crippen LogP contribution < -0.4 is 4.90 Å². The number of fused-ring (bicyclic) bond motifs is 2. The third-order valence-electron chi connectivity index (χ3n) is 7.85. The van der Waals surface area contributed by atoms with Crippen LogP contribution in [0.3, 0.4) is 0 Å². The number of carbonyl (C=O) groups excluding carboxylic acids is 1. The molecule has 0 N–H and O–H groups in total. The topological polar surface area (TPSA) is 36.4 Å². The number of amides is 1. The van der Waals surface area contributed by atoms with Gasteiger partial charge in [-0.05, 0) is 91.7 Å². The summed E-state index contributed by atoms with van der Waals surface area (Å²) in [6.07, 6.45) is 7.91. The molecule has 0 bridgehead atoms. The van der Waals surface area contributed by atoms with Crippen LogP contribution in [0.4, 0.5) is 10.1 Å². The average molecular weight is 570 g/mol. The summed E-state index contributed by atoms with van der Waals surface area (Å²) < 4.78 is 13.5. The molecule has 202 valence electrons. The van der Waals surface area contributed by atoms with E-state index in [-0.39, 0.29) is 17.1 Å². The smallest absolute Gasteiger partial charge is 0.258 e. The van der Waals surface area contributed by atoms with Crippen LogP contribution in [-0.4, -0.2) is 42.0 Å². The van der Waals surface area contributed by atoms with E-state index in [4.69, 9.17) is 11.6 Å². The lowest BCUT2D eigenvalue weighted by Gasteiger charge is -2.39. The summed E-state index contributed by atoms with van der Waals surface area (Å²) in [7, 11) is 0. The van der Waals surface area contributed by atoms with Crippen molar-refractivity contribution in [2.45, 2.75) is 28.0 Å². The van der Waals surface area contributed by atoms with E-state index in [2.05, 4.69) is 64.5 Å². The van der Waals surface area contributed by atoms with Crippen molar-refractivity contribution >= 4 is 41.0 Å². The fraction of sp³-hybridized carbons (Fsp3) is 0.212. The standard InChI is InChI=1S/C33H29ClFN3OS/c34-31-21-25(14-17-36-31)32(39)38-23-33(15-19-37(20-16-33)18-4-7-24-5-2-1-3-6-24)29-22-28(12-13-30(29)38)40-27-10-8-26(35)9-11-27/h1-14,17,21-22H,15-16,18-20,23H2/b7-4+. The van der Waals surface area contributed by atoms with Gasteiger partial charge in [0.05, 0.1) is 0 Å². The molecule has 1 aromatic heterocycles. The first-order chi connectivity index (χ1) is 19.5. The van der Waals surface area contributed by atoms with Crippen molar-refractivity contribution in [1.82, 2.24) is 9.88 Å². The Morgan fingerprint density at radius 2 is 1.73 bits per heavy atom. The van der Waals surface area contributed by atoms with Crippen LogP contribution in [-0.2, 0) is 5.41 Å². The molecule has 0 unspecified atom stereocenters. The van der Waals surface area contributed by atoms with E-state index < -0.39 is 0 Å². The number of benzene rings is 3. The molecule has 3 aromatic carbocycles. The van der Waals surface area contributed by atoms with Crippen LogP contribution in [0.1, 0.15) is 34.3 Å². The zero-order chi connectivity index (χ0) is 27.5. The maximum Gasteiger partial charge on any atom is 0.258 e. The van der Waals surface area contributed by atoms with Gasteiger partial charge >= 0.3 is 0 Å². The van der Waals surface area contributed by atoms with E-state index in [1.807, 2.05) is 11.0 Å². The van der Waals surface area contributed by atoms with Crippen LogP contribution in [0.25, 0.3) is 6.08 Å². The summed E-state index contributed by atoms with van der Waals surface area (Å²) in [5.41, 5.74) is 3.79. The second-order valence-electron chi connectivity index (χ2n) is 10.4. The molecule has 1 spiro atoms. The Balaban J connectivity index is 1.25. The van der Waals surface area contributed by atoms with Gasteiger partial charge in [0.2, 0.25) is 0 Å². The molecule has 0 radical (unpaired) electrons. The summed E-state index contributed by atoms with van der Waals surface area (Å²) in [5.74, 6) is -0.303. The third kappa shape index (κ3) is 5.71. The predicted molar refractivity (Wildman–Crippen MR) is 161 cm³/mol. The molecule has 0 saturated carbocycles. The van der Waals surface area contributed by atoms with Gasteiger partial charge in [-0.1, -0.05) is 65.8 Å². The molecule has 2 aliphatic heterocycles. The Morgan fingerprint density at radius 1 is 0.975 bits per heavy atom. The third-order valence-corrected chi connectivity index (χ3v) is 9.05. The molecule has 1 amide bonds. The summed E-state index contributed by atoms with van der Waals surface area (Å²) >= 11 is 7.74. The lowest BCUT2D eigenvalue weighted by atomic mass is 9.74. The number of likely N-dealkylation sites (tertiary alicyclic amines) is 1. The maximum absolute atomic E-state index is 13.7. The van der Waals surface area contributed by atoms with Crippen molar-refractivity contribution in [2.24, 2.45) is 0 Å². The Kier molecular flexibility index (Phi) is 7.74. The van der Waals surface area contributed by atoms with Crippen LogP contribution in [0.5, 0.6) is 0 Å². The van der Waals surface area contributed by atoms with E-state index in [1.54, 1.807) is 42.2 Å². The number of nitrogens with zero attached hydrogens (tertiary/aromatic N) is 3. The van der Waals surface area contributed by atoms with Crippen molar-refractivity contribution in [2.75, 3.05) is 31.1 Å². The minimum absolute atomic E-state index is 0.0606. The second kappa shape index (κ2) is 11.6. The molecule has 6 rings (SSSR count). The van der Waals surface area contributed by atoms with Crippen LogP contribution in [0.15, 0.2) is 107 Å². The SMILES string of the molecule is O=C(c1ccnc(Cl)c1)N1CC2(CCN(C/C=C/c3ccccc3)CC2)c2cc(Sc3ccc(F)cc3)ccc21. The summed E-state index contributed by atoms with van der Waals surface area (Å²) in [5, 5.41) is 0.308. The zero-order valence-corrected chi connectivity index (χ0v) is 23.5. The monoisotopic (exact) mass is 569 g/mol. The van der Waals surface area contributed by atoms with Crippen LogP contribution >= 0.6 is 23.4 Å². The van der Waals surface area contributed by atoms with Crippen molar-refractivity contribution in [3.8, 4) is 0 Å². The quantitative estimate of drug-likeness (QED) is 0.223. The van der Waals surface area contributed by atoms with E-state index in [0.29, 0.717) is 17.3 Å². The highest BCUT2D eigenvalue weighted by atomic mass is 35.5. The molecular weight excluding hydrogens is 541 g/mol. The number of anilines is 1. The lowest BCUT2D eigenvalue weighted by Crippen LogP contribution is -2.46. The maximum atomic E-state index is 13.7. The van der Waals surface area contributed by atoms with Gasteiger partial charge in [-0.15, -0.1) is 0 Å². The highest BCUT2D eigenvalue weighted by Crippen LogP contribution is 2.49. The second-order valence-corrected chi connectivity index (χ2v) is 11.9. The zero-order valence-electron chi connectivity index (χ0n) is 22.0. The number of halogens is 2. The van der Waals surface area contributed by atoms with E-state index >= 15 is 0 Å². The highest BCUT2D eigenvalue weighted by Gasteiger charge is 2.46. The normalized spacial score (nSPS) is 16.5. The lowest BCUT2D eigenvalue weighted by molar-refractivity contribution is 0.0977. The molecule has 1 fully saturated rings. The fourth-order valence-electron chi connectivity index (χ4n) is 5.72. The van der Waals surface area contributed by atoms with Gasteiger partial charge in [-0.2, -0.15) is 0 Å². The van der Waals surface area contributed by atoms with Crippen molar-refractivity contribution in [3.63, 3.8) is 0 Å². The Labute approximate surface area is 243 Å².